The molecule has 1 N–H and O–H groups in total. The van der Waals surface area contributed by atoms with E-state index in [4.69, 9.17) is 5.26 Å². The number of allylic oxidation sites excluding steroid dienone is 2. The minimum atomic E-state index is -0.646. The van der Waals surface area contributed by atoms with Gasteiger partial charge in [-0.3, -0.25) is 5.32 Å². The number of hydrogen-bond acceptors (Lipinski definition) is 4. The number of aliphatic imine (C=N–C) groups is 1. The fraction of sp³-hybridized carbons (Fsp3) is 0.300. The molecular weight excluding hydrogens is 194 g/mol. The van der Waals surface area contributed by atoms with Crippen LogP contribution >= 0.6 is 0 Å². The number of nitrogens with one attached hydrogen (secondary N) is 1. The minimum absolute atomic E-state index is 0.133. The first kappa shape index (κ1) is 12.9. The maximum absolute atomic E-state index is 11.1. The van der Waals surface area contributed by atoms with Crippen LogP contribution in [0.1, 0.15) is 13.8 Å². The summed E-state index contributed by atoms with van der Waals surface area (Å²) in [7, 11) is 0. The van der Waals surface area contributed by atoms with Gasteiger partial charge in [0.1, 0.15) is 6.07 Å². The van der Waals surface area contributed by atoms with Gasteiger partial charge in [-0.25, -0.2) is 9.79 Å². The average Bonchev–Trinajstić information content (AvgIpc) is 2.20. The molecule has 0 atom stereocenters. The Kier molecular flexibility index (Phi) is 6.31. The fourth-order valence-corrected chi connectivity index (χ4v) is 0.757. The lowest BCUT2D eigenvalue weighted by molar-refractivity contribution is 0.155. The highest BCUT2D eigenvalue weighted by molar-refractivity contribution is 5.71. The van der Waals surface area contributed by atoms with E-state index in [1.165, 1.54) is 12.3 Å². The van der Waals surface area contributed by atoms with E-state index in [0.717, 1.165) is 0 Å². The summed E-state index contributed by atoms with van der Waals surface area (Å²) in [5.41, 5.74) is 0.182. The zero-order valence-corrected chi connectivity index (χ0v) is 8.78. The third kappa shape index (κ3) is 4.62. The van der Waals surface area contributed by atoms with Crippen LogP contribution in [0, 0.1) is 11.3 Å². The topological polar surface area (TPSA) is 74.5 Å². The molecule has 15 heavy (non-hydrogen) atoms. The number of amides is 1. The number of hydrogen-bond donors (Lipinski definition) is 1. The monoisotopic (exact) mass is 207 g/mol. The zero-order chi connectivity index (χ0) is 11.7. The molecule has 0 radical (unpaired) electrons. The van der Waals surface area contributed by atoms with Crippen LogP contribution in [-0.2, 0) is 4.74 Å². The van der Waals surface area contributed by atoms with Crippen molar-refractivity contribution in [1.82, 2.24) is 5.32 Å². The number of carbonyl (C=O) groups is 1. The van der Waals surface area contributed by atoms with Crippen LogP contribution in [0.4, 0.5) is 4.79 Å². The molecule has 0 spiro atoms. The molecular formula is C10H13N3O2. The number of nitriles is 1. The van der Waals surface area contributed by atoms with Gasteiger partial charge in [0.2, 0.25) is 0 Å². The standard InChI is InChI=1S/C10H13N3O2/c1-4-8(7-11)9(12-5-2)13-10(14)15-6-3/h4-5H,1,6H2,2-3H3,(H,13,14)/b9-8-,12-5?. The second-order valence-corrected chi connectivity index (χ2v) is 2.31. The lowest BCUT2D eigenvalue weighted by Crippen LogP contribution is -2.23. The molecule has 0 aromatic heterocycles. The van der Waals surface area contributed by atoms with E-state index in [2.05, 4.69) is 21.6 Å². The van der Waals surface area contributed by atoms with Crippen molar-refractivity contribution in [1.29, 1.82) is 5.26 Å². The lowest BCUT2D eigenvalue weighted by atomic mass is 10.3. The largest absolute Gasteiger partial charge is 0.450 e. The Hall–Kier alpha value is -2.09. The van der Waals surface area contributed by atoms with Crippen molar-refractivity contribution < 1.29 is 9.53 Å². The van der Waals surface area contributed by atoms with Crippen LogP contribution in [0.3, 0.4) is 0 Å². The Labute approximate surface area is 88.8 Å². The van der Waals surface area contributed by atoms with Crippen LogP contribution < -0.4 is 5.32 Å². The highest BCUT2D eigenvalue weighted by Gasteiger charge is 2.07. The van der Waals surface area contributed by atoms with Crippen LogP contribution in [-0.4, -0.2) is 18.9 Å². The lowest BCUT2D eigenvalue weighted by Gasteiger charge is -2.05. The highest BCUT2D eigenvalue weighted by atomic mass is 16.5. The number of alkyl carbamates (subject to hydrolysis) is 1. The molecule has 0 rings (SSSR count). The summed E-state index contributed by atoms with van der Waals surface area (Å²) >= 11 is 0. The molecule has 1 amide bonds. The molecule has 80 valence electrons. The van der Waals surface area contributed by atoms with Gasteiger partial charge >= 0.3 is 6.09 Å². The van der Waals surface area contributed by atoms with Crippen molar-refractivity contribution in [3.8, 4) is 6.07 Å². The summed E-state index contributed by atoms with van der Waals surface area (Å²) in [4.78, 5) is 14.9. The van der Waals surface area contributed by atoms with E-state index < -0.39 is 6.09 Å². The van der Waals surface area contributed by atoms with Gasteiger partial charge in [0.25, 0.3) is 0 Å². The molecule has 0 fully saturated rings. The average molecular weight is 207 g/mol. The summed E-state index contributed by atoms with van der Waals surface area (Å²) in [5.74, 6) is 0.133. The van der Waals surface area contributed by atoms with Crippen molar-refractivity contribution in [2.45, 2.75) is 13.8 Å². The van der Waals surface area contributed by atoms with Crippen molar-refractivity contribution in [2.24, 2.45) is 4.99 Å². The molecule has 0 aliphatic carbocycles. The van der Waals surface area contributed by atoms with Crippen LogP contribution in [0.5, 0.6) is 0 Å². The molecule has 0 saturated heterocycles. The summed E-state index contributed by atoms with van der Waals surface area (Å²) in [6.45, 7) is 7.05. The van der Waals surface area contributed by atoms with Crippen molar-refractivity contribution in [2.75, 3.05) is 6.61 Å². The second-order valence-electron chi connectivity index (χ2n) is 2.31. The van der Waals surface area contributed by atoms with Crippen LogP contribution in [0.15, 0.2) is 29.0 Å². The first-order valence-electron chi connectivity index (χ1n) is 4.38. The van der Waals surface area contributed by atoms with Crippen LogP contribution in [0.25, 0.3) is 0 Å². The van der Waals surface area contributed by atoms with E-state index in [1.54, 1.807) is 13.8 Å². The second kappa shape index (κ2) is 7.33. The Morgan fingerprint density at radius 1 is 1.73 bits per heavy atom. The van der Waals surface area contributed by atoms with E-state index in [0.29, 0.717) is 0 Å². The zero-order valence-electron chi connectivity index (χ0n) is 8.78. The Balaban J connectivity index is 4.84. The van der Waals surface area contributed by atoms with E-state index in [-0.39, 0.29) is 18.0 Å². The molecule has 0 aliphatic heterocycles. The molecule has 0 unspecified atom stereocenters. The predicted octanol–water partition coefficient (Wildman–Crippen LogP) is 1.74. The molecule has 0 heterocycles. The number of carbonyl (C=O) groups excluding carboxylic acids is 1. The summed E-state index contributed by atoms with van der Waals surface area (Å²) in [6.07, 6.45) is 2.13. The van der Waals surface area contributed by atoms with Gasteiger partial charge < -0.3 is 4.74 Å². The van der Waals surface area contributed by atoms with Gasteiger partial charge in [-0.2, -0.15) is 5.26 Å². The van der Waals surface area contributed by atoms with E-state index in [9.17, 15) is 4.79 Å². The van der Waals surface area contributed by atoms with Gasteiger partial charge in [-0.15, -0.1) is 0 Å². The summed E-state index contributed by atoms with van der Waals surface area (Å²) in [6, 6.07) is 1.86. The first-order chi connectivity index (χ1) is 7.19. The quantitative estimate of drug-likeness (QED) is 0.433. The molecule has 0 aromatic rings. The molecule has 0 aromatic carbocycles. The van der Waals surface area contributed by atoms with E-state index >= 15 is 0 Å². The van der Waals surface area contributed by atoms with Crippen LogP contribution in [0.2, 0.25) is 0 Å². The Morgan fingerprint density at radius 2 is 2.40 bits per heavy atom. The number of rotatable bonds is 4. The summed E-state index contributed by atoms with van der Waals surface area (Å²) < 4.78 is 4.66. The summed E-state index contributed by atoms with van der Waals surface area (Å²) in [5, 5.41) is 11.1. The smallest absolute Gasteiger partial charge is 0.412 e. The van der Waals surface area contributed by atoms with Crippen molar-refractivity contribution in [3.63, 3.8) is 0 Å². The highest BCUT2D eigenvalue weighted by Crippen LogP contribution is 2.03. The molecule has 0 aliphatic rings. The molecule has 0 saturated carbocycles. The Bertz CT molecular complexity index is 337. The van der Waals surface area contributed by atoms with Gasteiger partial charge in [0.05, 0.1) is 12.2 Å². The fourth-order valence-electron chi connectivity index (χ4n) is 0.757. The van der Waals surface area contributed by atoms with E-state index in [1.807, 2.05) is 6.07 Å². The van der Waals surface area contributed by atoms with Crippen molar-refractivity contribution in [3.05, 3.63) is 24.0 Å². The number of nitrogens with zero attached hydrogens (tertiary/aromatic N) is 2. The molecule has 5 heteroatoms. The predicted molar refractivity (Wildman–Crippen MR) is 57.2 cm³/mol. The third-order valence-corrected chi connectivity index (χ3v) is 1.33. The molecule has 0 bridgehead atoms. The maximum atomic E-state index is 11.1. The minimum Gasteiger partial charge on any atom is -0.450 e. The normalized spacial score (nSPS) is 11.5. The third-order valence-electron chi connectivity index (χ3n) is 1.33. The molecule has 5 nitrogen and oxygen atoms in total. The van der Waals surface area contributed by atoms with Crippen molar-refractivity contribution >= 4 is 12.3 Å². The first-order valence-corrected chi connectivity index (χ1v) is 4.38. The Morgan fingerprint density at radius 3 is 2.80 bits per heavy atom. The van der Waals surface area contributed by atoms with Gasteiger partial charge in [0.15, 0.2) is 5.82 Å². The maximum Gasteiger partial charge on any atom is 0.412 e. The van der Waals surface area contributed by atoms with Gasteiger partial charge in [-0.1, -0.05) is 6.58 Å². The van der Waals surface area contributed by atoms with Gasteiger partial charge in [-0.05, 0) is 19.9 Å². The SMILES string of the molecule is C=C/C(C#N)=C(\N=CC)NC(=O)OCC. The number of ether oxygens (including phenoxy) is 1. The van der Waals surface area contributed by atoms with Gasteiger partial charge in [0, 0.05) is 6.21 Å².